The summed E-state index contributed by atoms with van der Waals surface area (Å²) < 4.78 is 0. The van der Waals surface area contributed by atoms with Crippen molar-refractivity contribution in [2.45, 2.75) is 26.8 Å². The number of hydrogen-bond acceptors (Lipinski definition) is 3. The molecule has 1 aromatic heterocycles. The van der Waals surface area contributed by atoms with Crippen LogP contribution in [-0.4, -0.2) is 10.9 Å². The largest absolute Gasteiger partial charge is 0.366 e. The molecule has 0 spiro atoms. The highest BCUT2D eigenvalue weighted by atomic mass is 16.1. The van der Waals surface area contributed by atoms with Crippen LogP contribution in [0.3, 0.4) is 0 Å². The first-order valence-corrected chi connectivity index (χ1v) is 8.69. The smallest absolute Gasteiger partial charge is 0.228 e. The van der Waals surface area contributed by atoms with Crippen molar-refractivity contribution in [1.29, 1.82) is 0 Å². The predicted molar refractivity (Wildman–Crippen MR) is 106 cm³/mol. The molecule has 2 aromatic carbocycles. The normalized spacial score (nSPS) is 10.4. The summed E-state index contributed by atoms with van der Waals surface area (Å²) in [6.45, 7) is 4.83. The number of carbonyl (C=O) groups excluding carboxylic acids is 1. The molecule has 0 radical (unpaired) electrons. The van der Waals surface area contributed by atoms with Gasteiger partial charge in [0, 0.05) is 6.54 Å². The summed E-state index contributed by atoms with van der Waals surface area (Å²) in [5, 5.41) is 6.17. The molecule has 0 aliphatic carbocycles. The molecule has 0 bridgehead atoms. The fraction of sp³-hybridized carbons (Fsp3) is 0.182. The highest BCUT2D eigenvalue weighted by molar-refractivity contribution is 5.92. The molecule has 0 unspecified atom stereocenters. The van der Waals surface area contributed by atoms with E-state index < -0.39 is 0 Å². The Labute approximate surface area is 154 Å². The first-order valence-electron chi connectivity index (χ1n) is 8.69. The molecule has 0 aliphatic heterocycles. The van der Waals surface area contributed by atoms with Gasteiger partial charge >= 0.3 is 0 Å². The van der Waals surface area contributed by atoms with Crippen molar-refractivity contribution < 1.29 is 4.79 Å². The number of nitrogens with one attached hydrogen (secondary N) is 2. The van der Waals surface area contributed by atoms with Crippen LogP contribution in [0.15, 0.2) is 66.9 Å². The van der Waals surface area contributed by atoms with Gasteiger partial charge in [0.15, 0.2) is 0 Å². The molecule has 2 N–H and O–H groups in total. The Morgan fingerprint density at radius 3 is 2.42 bits per heavy atom. The number of amides is 1. The third-order valence-corrected chi connectivity index (χ3v) is 4.09. The van der Waals surface area contributed by atoms with Gasteiger partial charge in [-0.15, -0.1) is 0 Å². The quantitative estimate of drug-likeness (QED) is 0.692. The van der Waals surface area contributed by atoms with Gasteiger partial charge in [-0.3, -0.25) is 4.79 Å². The maximum absolute atomic E-state index is 12.1. The van der Waals surface area contributed by atoms with Crippen LogP contribution >= 0.6 is 0 Å². The minimum absolute atomic E-state index is 0.0453. The lowest BCUT2D eigenvalue weighted by Gasteiger charge is -2.09. The summed E-state index contributed by atoms with van der Waals surface area (Å²) in [5.74, 6) is 0.735. The van der Waals surface area contributed by atoms with Crippen LogP contribution in [-0.2, 0) is 17.8 Å². The molecule has 4 heteroatoms. The van der Waals surface area contributed by atoms with Crippen molar-refractivity contribution in [1.82, 2.24) is 4.98 Å². The SMILES string of the molecule is Cc1ccc(CC(=O)Nc2ccc(NCc3cccc(C)c3)nc2)cc1. The number of nitrogens with zero attached hydrogens (tertiary/aromatic N) is 1. The highest BCUT2D eigenvalue weighted by Gasteiger charge is 2.05. The number of pyridine rings is 1. The summed E-state index contributed by atoms with van der Waals surface area (Å²) in [7, 11) is 0. The summed E-state index contributed by atoms with van der Waals surface area (Å²) >= 11 is 0. The van der Waals surface area contributed by atoms with Crippen LogP contribution in [0, 0.1) is 13.8 Å². The Morgan fingerprint density at radius 1 is 0.923 bits per heavy atom. The molecule has 1 amide bonds. The number of aromatic nitrogens is 1. The second kappa shape index (κ2) is 8.30. The van der Waals surface area contributed by atoms with Crippen molar-refractivity contribution in [3.05, 3.63) is 89.1 Å². The van der Waals surface area contributed by atoms with Gasteiger partial charge in [0.25, 0.3) is 0 Å². The highest BCUT2D eigenvalue weighted by Crippen LogP contribution is 2.13. The zero-order valence-corrected chi connectivity index (χ0v) is 15.1. The summed E-state index contributed by atoms with van der Waals surface area (Å²) in [6, 6.07) is 20.1. The Bertz CT molecular complexity index is 871. The first-order chi connectivity index (χ1) is 12.6. The lowest BCUT2D eigenvalue weighted by molar-refractivity contribution is -0.115. The van der Waals surface area contributed by atoms with Crippen molar-refractivity contribution in [2.75, 3.05) is 10.6 Å². The third-order valence-electron chi connectivity index (χ3n) is 4.09. The average molecular weight is 345 g/mol. The first kappa shape index (κ1) is 17.7. The number of carbonyl (C=O) groups is 1. The van der Waals surface area contributed by atoms with Gasteiger partial charge in [0.05, 0.1) is 18.3 Å². The Hall–Kier alpha value is -3.14. The van der Waals surface area contributed by atoms with E-state index in [1.165, 1.54) is 16.7 Å². The van der Waals surface area contributed by atoms with Crippen LogP contribution < -0.4 is 10.6 Å². The van der Waals surface area contributed by atoms with E-state index in [1.807, 2.05) is 49.4 Å². The molecule has 26 heavy (non-hydrogen) atoms. The van der Waals surface area contributed by atoms with Gasteiger partial charge in [-0.05, 0) is 37.1 Å². The maximum Gasteiger partial charge on any atom is 0.228 e. The number of aryl methyl sites for hydroxylation is 2. The lowest BCUT2D eigenvalue weighted by Crippen LogP contribution is -2.14. The van der Waals surface area contributed by atoms with Gasteiger partial charge in [0.1, 0.15) is 5.82 Å². The molecule has 132 valence electrons. The predicted octanol–water partition coefficient (Wildman–Crippen LogP) is 4.49. The molecule has 0 aliphatic rings. The number of anilines is 2. The molecular formula is C22H23N3O. The summed E-state index contributed by atoms with van der Waals surface area (Å²) in [4.78, 5) is 16.5. The van der Waals surface area contributed by atoms with Gasteiger partial charge in [0.2, 0.25) is 5.91 Å². The molecule has 0 fully saturated rings. The minimum Gasteiger partial charge on any atom is -0.366 e. The molecule has 3 aromatic rings. The second-order valence-electron chi connectivity index (χ2n) is 6.49. The topological polar surface area (TPSA) is 54.0 Å². The average Bonchev–Trinajstić information content (AvgIpc) is 2.63. The Morgan fingerprint density at radius 2 is 1.73 bits per heavy atom. The number of benzene rings is 2. The Kier molecular flexibility index (Phi) is 5.64. The van der Waals surface area contributed by atoms with Crippen LogP contribution in [0.2, 0.25) is 0 Å². The lowest BCUT2D eigenvalue weighted by atomic mass is 10.1. The summed E-state index contributed by atoms with van der Waals surface area (Å²) in [5.41, 5.74) is 5.33. The van der Waals surface area contributed by atoms with Gasteiger partial charge in [-0.25, -0.2) is 4.98 Å². The standard InChI is InChI=1S/C22H23N3O/c1-16-6-8-18(9-7-16)13-22(26)25-20-10-11-21(24-15-20)23-14-19-5-3-4-17(2)12-19/h3-12,15H,13-14H2,1-2H3,(H,23,24)(H,25,26). The molecule has 0 atom stereocenters. The van der Waals surface area contributed by atoms with Gasteiger partial charge in [-0.2, -0.15) is 0 Å². The minimum atomic E-state index is -0.0453. The van der Waals surface area contributed by atoms with Crippen LogP contribution in [0.5, 0.6) is 0 Å². The van der Waals surface area contributed by atoms with E-state index in [0.29, 0.717) is 18.7 Å². The van der Waals surface area contributed by atoms with Crippen molar-refractivity contribution in [2.24, 2.45) is 0 Å². The Balaban J connectivity index is 1.52. The fourth-order valence-corrected chi connectivity index (χ4v) is 2.68. The third kappa shape index (κ3) is 5.18. The zero-order valence-electron chi connectivity index (χ0n) is 15.1. The van der Waals surface area contributed by atoms with Crippen molar-refractivity contribution in [3.8, 4) is 0 Å². The fourth-order valence-electron chi connectivity index (χ4n) is 2.68. The van der Waals surface area contributed by atoms with Crippen molar-refractivity contribution in [3.63, 3.8) is 0 Å². The van der Waals surface area contributed by atoms with E-state index in [9.17, 15) is 4.79 Å². The van der Waals surface area contributed by atoms with Gasteiger partial charge in [-0.1, -0.05) is 59.7 Å². The molecule has 0 saturated heterocycles. The number of hydrogen-bond donors (Lipinski definition) is 2. The van der Waals surface area contributed by atoms with Crippen LogP contribution in [0.1, 0.15) is 22.3 Å². The number of rotatable bonds is 6. The van der Waals surface area contributed by atoms with E-state index >= 15 is 0 Å². The van der Waals surface area contributed by atoms with E-state index in [1.54, 1.807) is 6.20 Å². The molecule has 4 nitrogen and oxygen atoms in total. The van der Waals surface area contributed by atoms with E-state index in [2.05, 4.69) is 40.7 Å². The zero-order chi connectivity index (χ0) is 18.4. The monoisotopic (exact) mass is 345 g/mol. The van der Waals surface area contributed by atoms with Gasteiger partial charge < -0.3 is 10.6 Å². The molecule has 0 saturated carbocycles. The van der Waals surface area contributed by atoms with Crippen molar-refractivity contribution >= 4 is 17.4 Å². The maximum atomic E-state index is 12.1. The van der Waals surface area contributed by atoms with E-state index in [0.717, 1.165) is 11.4 Å². The molecular weight excluding hydrogens is 322 g/mol. The molecule has 1 heterocycles. The van der Waals surface area contributed by atoms with Crippen LogP contribution in [0.4, 0.5) is 11.5 Å². The van der Waals surface area contributed by atoms with E-state index in [-0.39, 0.29) is 5.91 Å². The van der Waals surface area contributed by atoms with Crippen LogP contribution in [0.25, 0.3) is 0 Å². The summed E-state index contributed by atoms with van der Waals surface area (Å²) in [6.07, 6.45) is 2.03. The molecule has 3 rings (SSSR count). The second-order valence-corrected chi connectivity index (χ2v) is 6.49. The van der Waals surface area contributed by atoms with E-state index in [4.69, 9.17) is 0 Å².